The monoisotopic (exact) mass is 400 g/mol. The molecule has 4 rings (SSSR count). The number of amides is 1. The van der Waals surface area contributed by atoms with Crippen LogP contribution in [0.1, 0.15) is 23.0 Å². The smallest absolute Gasteiger partial charge is 0.315 e. The number of hydrogen-bond acceptors (Lipinski definition) is 4. The van der Waals surface area contributed by atoms with E-state index < -0.39 is 5.91 Å². The van der Waals surface area contributed by atoms with E-state index in [1.807, 2.05) is 55.8 Å². The Balaban J connectivity index is 1.81. The molecule has 138 valence electrons. The number of carbonyl (C=O) groups is 1. The Morgan fingerprint density at radius 1 is 1.33 bits per heavy atom. The molecule has 0 bridgehead atoms. The Labute approximate surface area is 164 Å². The van der Waals surface area contributed by atoms with Gasteiger partial charge in [0.2, 0.25) is 0 Å². The summed E-state index contributed by atoms with van der Waals surface area (Å²) in [6.07, 6.45) is 0. The molecule has 0 fully saturated rings. The van der Waals surface area contributed by atoms with Crippen LogP contribution in [0.15, 0.2) is 45.8 Å². The molecular weight excluding hydrogens is 384 g/mol. The first kappa shape index (κ1) is 17.8. The maximum Gasteiger partial charge on any atom is 0.315 e. The summed E-state index contributed by atoms with van der Waals surface area (Å²) in [4.78, 5) is 17.6. The fraction of sp³-hybridized carbons (Fsp3) is 0.200. The fourth-order valence-corrected chi connectivity index (χ4v) is 4.60. The quantitative estimate of drug-likeness (QED) is 0.481. The molecule has 2 heterocycles. The first-order valence-corrected chi connectivity index (χ1v) is 9.67. The van der Waals surface area contributed by atoms with Crippen molar-refractivity contribution in [2.24, 2.45) is 12.0 Å². The molecule has 0 saturated carbocycles. The fourth-order valence-electron chi connectivity index (χ4n) is 3.13. The van der Waals surface area contributed by atoms with Crippen LogP contribution in [0.4, 0.5) is 0 Å². The van der Waals surface area contributed by atoms with Gasteiger partial charge in [-0.15, -0.1) is 0 Å². The molecule has 0 saturated heterocycles. The Bertz CT molecular complexity index is 1250. The van der Waals surface area contributed by atoms with E-state index in [1.165, 1.54) is 11.3 Å². The molecule has 7 heteroatoms. The van der Waals surface area contributed by atoms with Gasteiger partial charge in [0.1, 0.15) is 0 Å². The van der Waals surface area contributed by atoms with Crippen LogP contribution >= 0.6 is 22.9 Å². The third-order valence-corrected chi connectivity index (χ3v) is 5.57. The second-order valence-electron chi connectivity index (χ2n) is 6.15. The van der Waals surface area contributed by atoms with Crippen molar-refractivity contribution in [3.63, 3.8) is 0 Å². The number of thiazole rings is 1. The maximum atomic E-state index is 12.7. The zero-order chi connectivity index (χ0) is 19.1. The van der Waals surface area contributed by atoms with E-state index in [2.05, 4.69) is 4.99 Å². The number of nitrogens with zero attached hydrogens (tertiary/aromatic N) is 2. The molecule has 2 aromatic carbocycles. The highest BCUT2D eigenvalue weighted by Gasteiger charge is 2.15. The summed E-state index contributed by atoms with van der Waals surface area (Å²) >= 11 is 7.56. The number of furan rings is 1. The van der Waals surface area contributed by atoms with E-state index in [0.717, 1.165) is 21.2 Å². The zero-order valence-corrected chi connectivity index (χ0v) is 16.6. The van der Waals surface area contributed by atoms with Crippen molar-refractivity contribution in [2.45, 2.75) is 13.8 Å². The predicted octanol–water partition coefficient (Wildman–Crippen LogP) is 5.09. The minimum atomic E-state index is -0.431. The minimum absolute atomic E-state index is 0.185. The van der Waals surface area contributed by atoms with Crippen molar-refractivity contribution in [2.75, 3.05) is 6.61 Å². The molecule has 0 unspecified atom stereocenters. The number of aromatic nitrogens is 1. The highest BCUT2D eigenvalue weighted by Crippen LogP contribution is 2.29. The number of hydrogen-bond donors (Lipinski definition) is 0. The van der Waals surface area contributed by atoms with Gasteiger partial charge < -0.3 is 13.7 Å². The molecule has 1 amide bonds. The average molecular weight is 401 g/mol. The van der Waals surface area contributed by atoms with E-state index in [-0.39, 0.29) is 5.76 Å². The molecule has 4 aromatic rings. The van der Waals surface area contributed by atoms with Crippen LogP contribution in [0, 0.1) is 6.92 Å². The molecule has 0 radical (unpaired) electrons. The largest absolute Gasteiger partial charge is 0.490 e. The van der Waals surface area contributed by atoms with Crippen molar-refractivity contribution in [1.82, 2.24) is 4.57 Å². The van der Waals surface area contributed by atoms with Crippen molar-refractivity contribution < 1.29 is 13.9 Å². The molecule has 0 aliphatic heterocycles. The highest BCUT2D eigenvalue weighted by atomic mass is 35.5. The highest BCUT2D eigenvalue weighted by molar-refractivity contribution is 7.16. The van der Waals surface area contributed by atoms with Crippen LogP contribution in [0.3, 0.4) is 0 Å². The number of carbonyl (C=O) groups excluding carboxylic acids is 1. The summed E-state index contributed by atoms with van der Waals surface area (Å²) in [6.45, 7) is 4.41. The van der Waals surface area contributed by atoms with Crippen LogP contribution in [0.2, 0.25) is 5.02 Å². The molecule has 0 aliphatic carbocycles. The van der Waals surface area contributed by atoms with Crippen LogP contribution in [-0.2, 0) is 7.05 Å². The van der Waals surface area contributed by atoms with E-state index in [1.54, 1.807) is 6.07 Å². The summed E-state index contributed by atoms with van der Waals surface area (Å²) in [5.41, 5.74) is 2.61. The number of para-hydroxylation sites is 1. The van der Waals surface area contributed by atoms with E-state index in [4.69, 9.17) is 20.8 Å². The molecule has 27 heavy (non-hydrogen) atoms. The van der Waals surface area contributed by atoms with Gasteiger partial charge in [-0.25, -0.2) is 0 Å². The topological polar surface area (TPSA) is 56.7 Å². The van der Waals surface area contributed by atoms with Gasteiger partial charge in [-0.2, -0.15) is 4.99 Å². The standard InChI is InChI=1S/C20H17ClN2O3S/c1-4-25-14-7-5-6-12-9-15(26-18(12)14)19(24)22-20-23(3)17-11(2)8-13(21)10-16(17)27-20/h5-10H,4H2,1-3H3. The van der Waals surface area contributed by atoms with E-state index >= 15 is 0 Å². The van der Waals surface area contributed by atoms with Crippen LogP contribution in [0.5, 0.6) is 5.75 Å². The zero-order valence-electron chi connectivity index (χ0n) is 15.1. The van der Waals surface area contributed by atoms with Gasteiger partial charge in [0, 0.05) is 17.5 Å². The van der Waals surface area contributed by atoms with E-state index in [0.29, 0.717) is 27.8 Å². The SMILES string of the molecule is CCOc1cccc2cc(C(=O)N=c3sc4cc(Cl)cc(C)c4n3C)oc12. The Morgan fingerprint density at radius 3 is 2.93 bits per heavy atom. The van der Waals surface area contributed by atoms with E-state index in [9.17, 15) is 4.79 Å². The van der Waals surface area contributed by atoms with Crippen LogP contribution < -0.4 is 9.54 Å². The minimum Gasteiger partial charge on any atom is -0.490 e. The predicted molar refractivity (Wildman–Crippen MR) is 108 cm³/mol. The van der Waals surface area contributed by atoms with Crippen molar-refractivity contribution in [3.8, 4) is 5.75 Å². The number of rotatable bonds is 3. The lowest BCUT2D eigenvalue weighted by atomic mass is 10.2. The van der Waals surface area contributed by atoms with Crippen LogP contribution in [-0.4, -0.2) is 17.1 Å². The second kappa shape index (κ2) is 6.87. The maximum absolute atomic E-state index is 12.7. The number of benzene rings is 2. The Kier molecular flexibility index (Phi) is 4.53. The number of aryl methyl sites for hydroxylation is 2. The molecular formula is C20H17ClN2O3S. The van der Waals surface area contributed by atoms with Gasteiger partial charge in [-0.1, -0.05) is 35.1 Å². The molecule has 5 nitrogen and oxygen atoms in total. The summed E-state index contributed by atoms with van der Waals surface area (Å²) in [5, 5.41) is 1.48. The average Bonchev–Trinajstić information content (AvgIpc) is 3.18. The van der Waals surface area contributed by atoms with Gasteiger partial charge in [-0.3, -0.25) is 4.79 Å². The summed E-state index contributed by atoms with van der Waals surface area (Å²) in [7, 11) is 1.89. The van der Waals surface area contributed by atoms with Gasteiger partial charge in [0.25, 0.3) is 0 Å². The summed E-state index contributed by atoms with van der Waals surface area (Å²) < 4.78 is 14.2. The second-order valence-corrected chi connectivity index (χ2v) is 7.59. The molecule has 2 aromatic heterocycles. The summed E-state index contributed by atoms with van der Waals surface area (Å²) in [6, 6.07) is 11.0. The lowest BCUT2D eigenvalue weighted by Crippen LogP contribution is -2.13. The summed E-state index contributed by atoms with van der Waals surface area (Å²) in [5.74, 6) is 0.371. The Hall–Kier alpha value is -2.57. The third-order valence-electron chi connectivity index (χ3n) is 4.27. The van der Waals surface area contributed by atoms with Gasteiger partial charge >= 0.3 is 5.91 Å². The third kappa shape index (κ3) is 3.15. The number of halogens is 1. The van der Waals surface area contributed by atoms with Crippen molar-refractivity contribution >= 4 is 50.0 Å². The molecule has 0 N–H and O–H groups in total. The number of ether oxygens (including phenoxy) is 1. The molecule has 0 aliphatic rings. The first-order chi connectivity index (χ1) is 13.0. The van der Waals surface area contributed by atoms with Gasteiger partial charge in [0.15, 0.2) is 21.9 Å². The van der Waals surface area contributed by atoms with Gasteiger partial charge in [-0.05, 0) is 43.7 Å². The Morgan fingerprint density at radius 2 is 2.15 bits per heavy atom. The first-order valence-electron chi connectivity index (χ1n) is 8.48. The van der Waals surface area contributed by atoms with Crippen molar-refractivity contribution in [1.29, 1.82) is 0 Å². The lowest BCUT2D eigenvalue weighted by Gasteiger charge is -2.02. The lowest BCUT2D eigenvalue weighted by molar-refractivity contribution is 0.0973. The van der Waals surface area contributed by atoms with Crippen molar-refractivity contribution in [3.05, 3.63) is 57.5 Å². The molecule has 0 spiro atoms. The molecule has 0 atom stereocenters. The van der Waals surface area contributed by atoms with Gasteiger partial charge in [0.05, 0.1) is 16.8 Å². The normalized spacial score (nSPS) is 12.2. The number of fused-ring (bicyclic) bond motifs is 2. The van der Waals surface area contributed by atoms with Crippen LogP contribution in [0.25, 0.3) is 21.2 Å².